The summed E-state index contributed by atoms with van der Waals surface area (Å²) in [5, 5.41) is 3.21. The Kier molecular flexibility index (Phi) is 11.9. The summed E-state index contributed by atoms with van der Waals surface area (Å²) in [4.78, 5) is 28.9. The number of aryl methyl sites for hydroxylation is 1. The number of carbonyl (C=O) groups excluding carboxylic acids is 2. The Morgan fingerprint density at radius 2 is 1.70 bits per heavy atom. The number of para-hydroxylation sites is 2. The minimum atomic E-state index is -3.62. The van der Waals surface area contributed by atoms with E-state index in [-0.39, 0.29) is 30.8 Å². The fourth-order valence-corrected chi connectivity index (χ4v) is 6.33. The second-order valence-electron chi connectivity index (χ2n) is 10.6. The zero-order chi connectivity index (χ0) is 29.1. The van der Waals surface area contributed by atoms with Crippen LogP contribution in [0.2, 0.25) is 0 Å². The summed E-state index contributed by atoms with van der Waals surface area (Å²) in [5.41, 5.74) is 2.50. The van der Waals surface area contributed by atoms with E-state index in [4.69, 9.17) is 4.74 Å². The number of sulfonamides is 1. The van der Waals surface area contributed by atoms with Crippen molar-refractivity contribution in [2.45, 2.75) is 90.8 Å². The van der Waals surface area contributed by atoms with Gasteiger partial charge in [0.2, 0.25) is 21.8 Å². The van der Waals surface area contributed by atoms with Gasteiger partial charge in [-0.15, -0.1) is 0 Å². The van der Waals surface area contributed by atoms with E-state index in [0.29, 0.717) is 37.4 Å². The normalized spacial score (nSPS) is 14.8. The number of hydrogen-bond acceptors (Lipinski definition) is 5. The molecule has 0 radical (unpaired) electrons. The Morgan fingerprint density at radius 3 is 2.35 bits per heavy atom. The highest BCUT2D eigenvalue weighted by Crippen LogP contribution is 2.30. The first-order valence-corrected chi connectivity index (χ1v) is 16.3. The molecule has 8 nitrogen and oxygen atoms in total. The molecule has 1 saturated carbocycles. The number of nitrogens with zero attached hydrogens (tertiary/aromatic N) is 2. The van der Waals surface area contributed by atoms with E-state index in [1.54, 1.807) is 29.2 Å². The quantitative estimate of drug-likeness (QED) is 0.336. The summed E-state index contributed by atoms with van der Waals surface area (Å²) < 4.78 is 32.4. The Bertz CT molecular complexity index is 1230. The molecule has 0 aromatic heterocycles. The number of carbonyl (C=O) groups is 2. The molecule has 1 fully saturated rings. The van der Waals surface area contributed by atoms with E-state index in [1.807, 2.05) is 45.0 Å². The summed E-state index contributed by atoms with van der Waals surface area (Å²) in [6.07, 6.45) is 7.42. The number of rotatable bonds is 14. The average molecular weight is 572 g/mol. The smallest absolute Gasteiger partial charge is 0.243 e. The zero-order valence-corrected chi connectivity index (χ0v) is 25.2. The second kappa shape index (κ2) is 15.1. The van der Waals surface area contributed by atoms with Crippen molar-refractivity contribution in [3.8, 4) is 5.75 Å². The fourth-order valence-electron chi connectivity index (χ4n) is 5.36. The lowest BCUT2D eigenvalue weighted by Gasteiger charge is -2.33. The number of hydrogen-bond donors (Lipinski definition) is 1. The van der Waals surface area contributed by atoms with Crippen LogP contribution in [-0.4, -0.2) is 56.6 Å². The van der Waals surface area contributed by atoms with Crippen molar-refractivity contribution < 1.29 is 22.7 Å². The number of amides is 2. The van der Waals surface area contributed by atoms with Crippen molar-refractivity contribution >= 4 is 27.5 Å². The molecule has 1 atom stereocenters. The van der Waals surface area contributed by atoms with E-state index in [0.717, 1.165) is 43.1 Å². The molecule has 1 aliphatic carbocycles. The third-order valence-corrected chi connectivity index (χ3v) is 8.71. The fraction of sp³-hybridized carbons (Fsp3) is 0.548. The highest BCUT2D eigenvalue weighted by molar-refractivity contribution is 7.92. The molecule has 2 amide bonds. The van der Waals surface area contributed by atoms with Crippen molar-refractivity contribution in [1.82, 2.24) is 10.2 Å². The first-order valence-electron chi connectivity index (χ1n) is 14.5. The highest BCUT2D eigenvalue weighted by atomic mass is 32.2. The van der Waals surface area contributed by atoms with Gasteiger partial charge in [-0.3, -0.25) is 13.9 Å². The highest BCUT2D eigenvalue weighted by Gasteiger charge is 2.31. The van der Waals surface area contributed by atoms with Crippen molar-refractivity contribution in [2.75, 3.05) is 23.7 Å². The predicted octanol–water partition coefficient (Wildman–Crippen LogP) is 5.20. The van der Waals surface area contributed by atoms with Crippen LogP contribution in [0.5, 0.6) is 5.75 Å². The van der Waals surface area contributed by atoms with Gasteiger partial charge >= 0.3 is 0 Å². The van der Waals surface area contributed by atoms with E-state index in [1.165, 1.54) is 10.7 Å². The van der Waals surface area contributed by atoms with Crippen molar-refractivity contribution in [2.24, 2.45) is 0 Å². The SMILES string of the molecule is CCOc1ccccc1N(CCCC(=O)N(Cc1ccccc1C)C(CC)C(=O)NC1CCCCC1)S(C)(=O)=O. The van der Waals surface area contributed by atoms with E-state index in [9.17, 15) is 18.0 Å². The van der Waals surface area contributed by atoms with Crippen LogP contribution in [0.3, 0.4) is 0 Å². The van der Waals surface area contributed by atoms with Crippen LogP contribution in [0.25, 0.3) is 0 Å². The van der Waals surface area contributed by atoms with Gasteiger partial charge in [0.25, 0.3) is 0 Å². The van der Waals surface area contributed by atoms with Crippen molar-refractivity contribution in [3.05, 3.63) is 59.7 Å². The standard InChI is InChI=1S/C31H45N3O5S/c1-5-27(31(36)32-26-17-8-7-9-18-26)33(23-25-16-11-10-15-24(25)3)30(35)21-14-22-34(40(4,37)38)28-19-12-13-20-29(28)39-6-2/h10-13,15-16,19-20,26-27H,5-9,14,17-18,21-23H2,1-4H3,(H,32,36). The van der Waals surface area contributed by atoms with Gasteiger partial charge in [-0.25, -0.2) is 8.42 Å². The lowest BCUT2D eigenvalue weighted by Crippen LogP contribution is -2.51. The summed E-state index contributed by atoms with van der Waals surface area (Å²) in [6.45, 7) is 6.63. The summed E-state index contributed by atoms with van der Waals surface area (Å²) >= 11 is 0. The monoisotopic (exact) mass is 571 g/mol. The van der Waals surface area contributed by atoms with Crippen LogP contribution in [0.1, 0.15) is 76.3 Å². The Balaban J connectivity index is 1.78. The molecular formula is C31H45N3O5S. The molecule has 0 bridgehead atoms. The lowest BCUT2D eigenvalue weighted by molar-refractivity contribution is -0.141. The van der Waals surface area contributed by atoms with Gasteiger partial charge < -0.3 is 15.0 Å². The minimum Gasteiger partial charge on any atom is -0.492 e. The summed E-state index contributed by atoms with van der Waals surface area (Å²) in [5.74, 6) is 0.202. The molecule has 1 N–H and O–H groups in total. The van der Waals surface area contributed by atoms with Crippen molar-refractivity contribution in [3.63, 3.8) is 0 Å². The van der Waals surface area contributed by atoms with Crippen LogP contribution in [0, 0.1) is 6.92 Å². The van der Waals surface area contributed by atoms with E-state index < -0.39 is 16.1 Å². The van der Waals surface area contributed by atoms with Gasteiger partial charge in [-0.2, -0.15) is 0 Å². The first-order chi connectivity index (χ1) is 19.2. The molecule has 0 saturated heterocycles. The van der Waals surface area contributed by atoms with E-state index >= 15 is 0 Å². The average Bonchev–Trinajstić information content (AvgIpc) is 2.92. The Labute approximate surface area is 240 Å². The maximum absolute atomic E-state index is 13.7. The van der Waals surface area contributed by atoms with Gasteiger partial charge in [-0.1, -0.05) is 62.6 Å². The molecule has 0 spiro atoms. The van der Waals surface area contributed by atoms with Crippen LogP contribution in [0.4, 0.5) is 5.69 Å². The summed E-state index contributed by atoms with van der Waals surface area (Å²) in [7, 11) is -3.62. The van der Waals surface area contributed by atoms with E-state index in [2.05, 4.69) is 5.32 Å². The largest absolute Gasteiger partial charge is 0.492 e. The first kappa shape index (κ1) is 31.5. The molecule has 220 valence electrons. The molecule has 0 heterocycles. The predicted molar refractivity (Wildman–Crippen MR) is 160 cm³/mol. The molecule has 40 heavy (non-hydrogen) atoms. The molecule has 3 rings (SSSR count). The van der Waals surface area contributed by atoms with Crippen LogP contribution >= 0.6 is 0 Å². The molecular weight excluding hydrogens is 526 g/mol. The zero-order valence-electron chi connectivity index (χ0n) is 24.4. The number of ether oxygens (including phenoxy) is 1. The summed E-state index contributed by atoms with van der Waals surface area (Å²) in [6, 6.07) is 14.4. The van der Waals surface area contributed by atoms with Crippen LogP contribution < -0.4 is 14.4 Å². The van der Waals surface area contributed by atoms with Gasteiger partial charge in [0.1, 0.15) is 11.8 Å². The molecule has 9 heteroatoms. The number of nitrogens with one attached hydrogen (secondary N) is 1. The number of benzene rings is 2. The molecule has 2 aromatic rings. The van der Waals surface area contributed by atoms with Gasteiger partial charge in [-0.05, 0) is 62.8 Å². The maximum Gasteiger partial charge on any atom is 0.243 e. The van der Waals surface area contributed by atoms with Gasteiger partial charge in [0, 0.05) is 25.6 Å². The Hall–Kier alpha value is -3.07. The number of anilines is 1. The van der Waals surface area contributed by atoms with Gasteiger partial charge in [0.05, 0.1) is 18.6 Å². The van der Waals surface area contributed by atoms with Gasteiger partial charge in [0.15, 0.2) is 0 Å². The topological polar surface area (TPSA) is 96.0 Å². The lowest BCUT2D eigenvalue weighted by atomic mass is 9.95. The van der Waals surface area contributed by atoms with Crippen LogP contribution in [0.15, 0.2) is 48.5 Å². The Morgan fingerprint density at radius 1 is 1.02 bits per heavy atom. The minimum absolute atomic E-state index is 0.111. The molecule has 1 aliphatic rings. The molecule has 1 unspecified atom stereocenters. The third-order valence-electron chi connectivity index (χ3n) is 7.53. The third kappa shape index (κ3) is 8.71. The van der Waals surface area contributed by atoms with Crippen LogP contribution in [-0.2, 0) is 26.2 Å². The maximum atomic E-state index is 13.7. The molecule has 2 aromatic carbocycles. The second-order valence-corrected chi connectivity index (χ2v) is 12.5. The molecule has 0 aliphatic heterocycles. The van der Waals surface area contributed by atoms with Crippen molar-refractivity contribution in [1.29, 1.82) is 0 Å².